The monoisotopic (exact) mass is 260 g/mol. The third-order valence-electron chi connectivity index (χ3n) is 3.59. The molecule has 0 bridgehead atoms. The molecule has 1 N–H and O–H groups in total. The fraction of sp³-hybridized carbons (Fsp3) is 0.400. The molecule has 0 spiro atoms. The van der Waals surface area contributed by atoms with E-state index in [1.807, 2.05) is 49.7 Å². The van der Waals surface area contributed by atoms with Gasteiger partial charge in [0.2, 0.25) is 0 Å². The van der Waals surface area contributed by atoms with E-state index in [1.54, 1.807) is 7.11 Å². The SMILES string of the molecule is COc1ccc(C(O)Cn2nc(C)c(C)c2C)cc1. The van der Waals surface area contributed by atoms with Gasteiger partial charge in [-0.3, -0.25) is 4.68 Å². The van der Waals surface area contributed by atoms with Crippen LogP contribution >= 0.6 is 0 Å². The second kappa shape index (κ2) is 5.45. The number of hydrogen-bond acceptors (Lipinski definition) is 3. The molecule has 2 aromatic rings. The number of benzene rings is 1. The van der Waals surface area contributed by atoms with Crippen molar-refractivity contribution in [2.24, 2.45) is 0 Å². The molecule has 1 atom stereocenters. The van der Waals surface area contributed by atoms with Crippen molar-refractivity contribution < 1.29 is 9.84 Å². The molecule has 19 heavy (non-hydrogen) atoms. The Kier molecular flexibility index (Phi) is 3.90. The van der Waals surface area contributed by atoms with E-state index in [9.17, 15) is 5.11 Å². The van der Waals surface area contributed by atoms with Gasteiger partial charge in [-0.25, -0.2) is 0 Å². The Hall–Kier alpha value is -1.81. The fourth-order valence-electron chi connectivity index (χ4n) is 2.06. The number of aromatic nitrogens is 2. The van der Waals surface area contributed by atoms with Gasteiger partial charge < -0.3 is 9.84 Å². The lowest BCUT2D eigenvalue weighted by Crippen LogP contribution is -2.11. The van der Waals surface area contributed by atoms with Crippen LogP contribution in [0.3, 0.4) is 0 Å². The molecule has 0 aliphatic rings. The van der Waals surface area contributed by atoms with E-state index in [1.165, 1.54) is 5.56 Å². The molecule has 0 fully saturated rings. The second-order valence-electron chi connectivity index (χ2n) is 4.77. The van der Waals surface area contributed by atoms with Crippen LogP contribution in [-0.4, -0.2) is 22.0 Å². The highest BCUT2D eigenvalue weighted by Crippen LogP contribution is 2.20. The van der Waals surface area contributed by atoms with Crippen molar-refractivity contribution in [1.82, 2.24) is 9.78 Å². The minimum Gasteiger partial charge on any atom is -0.497 e. The van der Waals surface area contributed by atoms with Gasteiger partial charge in [0.05, 0.1) is 25.5 Å². The van der Waals surface area contributed by atoms with E-state index >= 15 is 0 Å². The molecule has 4 nitrogen and oxygen atoms in total. The second-order valence-corrected chi connectivity index (χ2v) is 4.77. The van der Waals surface area contributed by atoms with Crippen LogP contribution in [0.25, 0.3) is 0 Å². The van der Waals surface area contributed by atoms with Crippen molar-refractivity contribution in [3.05, 3.63) is 46.8 Å². The maximum atomic E-state index is 10.3. The highest BCUT2D eigenvalue weighted by Gasteiger charge is 2.13. The summed E-state index contributed by atoms with van der Waals surface area (Å²) in [6, 6.07) is 7.46. The summed E-state index contributed by atoms with van der Waals surface area (Å²) in [5.74, 6) is 0.790. The summed E-state index contributed by atoms with van der Waals surface area (Å²) >= 11 is 0. The Morgan fingerprint density at radius 2 is 1.84 bits per heavy atom. The summed E-state index contributed by atoms with van der Waals surface area (Å²) in [5.41, 5.74) is 4.16. The van der Waals surface area contributed by atoms with E-state index in [4.69, 9.17) is 4.74 Å². The quantitative estimate of drug-likeness (QED) is 0.919. The molecule has 0 saturated carbocycles. The molecular formula is C15H20N2O2. The first kappa shape index (κ1) is 13.6. The number of hydrogen-bond donors (Lipinski definition) is 1. The highest BCUT2D eigenvalue weighted by molar-refractivity contribution is 5.28. The van der Waals surface area contributed by atoms with Gasteiger partial charge in [-0.2, -0.15) is 5.10 Å². The normalized spacial score (nSPS) is 12.5. The Labute approximate surface area is 113 Å². The molecule has 4 heteroatoms. The average molecular weight is 260 g/mol. The summed E-state index contributed by atoms with van der Waals surface area (Å²) in [6.07, 6.45) is -0.566. The number of nitrogens with zero attached hydrogens (tertiary/aromatic N) is 2. The third kappa shape index (κ3) is 2.79. The maximum Gasteiger partial charge on any atom is 0.118 e. The average Bonchev–Trinajstić information content (AvgIpc) is 2.66. The van der Waals surface area contributed by atoms with Crippen LogP contribution in [0.2, 0.25) is 0 Å². The van der Waals surface area contributed by atoms with E-state index in [0.29, 0.717) is 6.54 Å². The molecule has 1 heterocycles. The molecule has 0 saturated heterocycles. The molecule has 0 amide bonds. The van der Waals surface area contributed by atoms with Crippen LogP contribution in [0.15, 0.2) is 24.3 Å². The van der Waals surface area contributed by atoms with Gasteiger partial charge in [-0.15, -0.1) is 0 Å². The minimum absolute atomic E-state index is 0.465. The van der Waals surface area contributed by atoms with Crippen LogP contribution in [0.5, 0.6) is 5.75 Å². The number of methoxy groups -OCH3 is 1. The van der Waals surface area contributed by atoms with Gasteiger partial charge in [-0.05, 0) is 44.0 Å². The molecule has 1 unspecified atom stereocenters. The van der Waals surface area contributed by atoms with Crippen molar-refractivity contribution in [1.29, 1.82) is 0 Å². The van der Waals surface area contributed by atoms with Crippen molar-refractivity contribution in [3.8, 4) is 5.75 Å². The summed E-state index contributed by atoms with van der Waals surface area (Å²) in [6.45, 7) is 6.52. The van der Waals surface area contributed by atoms with E-state index in [0.717, 1.165) is 22.7 Å². The minimum atomic E-state index is -0.566. The first-order valence-corrected chi connectivity index (χ1v) is 6.35. The Morgan fingerprint density at radius 1 is 1.21 bits per heavy atom. The topological polar surface area (TPSA) is 47.3 Å². The Morgan fingerprint density at radius 3 is 2.32 bits per heavy atom. The van der Waals surface area contributed by atoms with Crippen molar-refractivity contribution in [2.45, 2.75) is 33.4 Å². The van der Waals surface area contributed by atoms with Gasteiger partial charge in [0.1, 0.15) is 5.75 Å². The molecule has 1 aromatic carbocycles. The van der Waals surface area contributed by atoms with Crippen LogP contribution in [0.4, 0.5) is 0 Å². The molecule has 0 aliphatic carbocycles. The predicted octanol–water partition coefficient (Wildman–Crippen LogP) is 2.55. The van der Waals surface area contributed by atoms with Crippen LogP contribution < -0.4 is 4.74 Å². The summed E-state index contributed by atoms with van der Waals surface area (Å²) < 4.78 is 6.97. The zero-order valence-electron chi connectivity index (χ0n) is 11.8. The van der Waals surface area contributed by atoms with E-state index in [-0.39, 0.29) is 0 Å². The number of rotatable bonds is 4. The van der Waals surface area contributed by atoms with Gasteiger partial charge in [0, 0.05) is 5.69 Å². The number of ether oxygens (including phenoxy) is 1. The molecule has 1 aromatic heterocycles. The molecule has 102 valence electrons. The first-order chi connectivity index (χ1) is 9.02. The standard InChI is InChI=1S/C15H20N2O2/c1-10-11(2)16-17(12(10)3)9-15(18)13-5-7-14(19-4)8-6-13/h5-8,15,18H,9H2,1-4H3. The molecule has 0 aliphatic heterocycles. The predicted molar refractivity (Wildman–Crippen MR) is 74.4 cm³/mol. The number of aliphatic hydroxyl groups excluding tert-OH is 1. The van der Waals surface area contributed by atoms with E-state index in [2.05, 4.69) is 5.10 Å². The van der Waals surface area contributed by atoms with Crippen LogP contribution in [-0.2, 0) is 6.54 Å². The highest BCUT2D eigenvalue weighted by atomic mass is 16.5. The maximum absolute atomic E-state index is 10.3. The summed E-state index contributed by atoms with van der Waals surface area (Å²) in [4.78, 5) is 0. The number of aliphatic hydroxyl groups is 1. The lowest BCUT2D eigenvalue weighted by Gasteiger charge is -2.13. The number of aryl methyl sites for hydroxylation is 1. The molecule has 2 rings (SSSR count). The van der Waals surface area contributed by atoms with Crippen molar-refractivity contribution >= 4 is 0 Å². The van der Waals surface area contributed by atoms with Gasteiger partial charge >= 0.3 is 0 Å². The van der Waals surface area contributed by atoms with E-state index < -0.39 is 6.10 Å². The van der Waals surface area contributed by atoms with Crippen LogP contribution in [0.1, 0.15) is 28.6 Å². The summed E-state index contributed by atoms with van der Waals surface area (Å²) in [7, 11) is 1.63. The lowest BCUT2D eigenvalue weighted by atomic mass is 10.1. The summed E-state index contributed by atoms with van der Waals surface area (Å²) in [5, 5.41) is 14.7. The third-order valence-corrected chi connectivity index (χ3v) is 3.59. The zero-order valence-corrected chi connectivity index (χ0v) is 11.8. The molecule has 0 radical (unpaired) electrons. The first-order valence-electron chi connectivity index (χ1n) is 6.35. The van der Waals surface area contributed by atoms with Gasteiger partial charge in [-0.1, -0.05) is 12.1 Å². The van der Waals surface area contributed by atoms with Crippen molar-refractivity contribution in [3.63, 3.8) is 0 Å². The Bertz CT molecular complexity index is 558. The van der Waals surface area contributed by atoms with Gasteiger partial charge in [0.15, 0.2) is 0 Å². The van der Waals surface area contributed by atoms with Crippen molar-refractivity contribution in [2.75, 3.05) is 7.11 Å². The zero-order chi connectivity index (χ0) is 14.0. The van der Waals surface area contributed by atoms with Gasteiger partial charge in [0.25, 0.3) is 0 Å². The lowest BCUT2D eigenvalue weighted by molar-refractivity contribution is 0.150. The Balaban J connectivity index is 2.15. The molecular weight excluding hydrogens is 240 g/mol. The van der Waals surface area contributed by atoms with Crippen LogP contribution in [0, 0.1) is 20.8 Å². The fourth-order valence-corrected chi connectivity index (χ4v) is 2.06. The largest absolute Gasteiger partial charge is 0.497 e. The smallest absolute Gasteiger partial charge is 0.118 e.